The first kappa shape index (κ1) is 25.8. The molecule has 0 bridgehead atoms. The second-order valence-electron chi connectivity index (χ2n) is 10.2. The predicted molar refractivity (Wildman–Crippen MR) is 118 cm³/mol. The molecule has 0 amide bonds. The molecule has 11 heteroatoms. The molecule has 1 heterocycles. The number of halogens is 2. The molecule has 7 nitrogen and oxygen atoms in total. The molecule has 2 aliphatic rings. The summed E-state index contributed by atoms with van der Waals surface area (Å²) < 4.78 is 40.3. The van der Waals surface area contributed by atoms with Crippen LogP contribution in [0.2, 0.25) is 25.7 Å². The van der Waals surface area contributed by atoms with Crippen LogP contribution in [-0.4, -0.2) is 73.0 Å². The minimum absolute atomic E-state index is 0.0449. The lowest BCUT2D eigenvalue weighted by Gasteiger charge is -2.45. The van der Waals surface area contributed by atoms with Gasteiger partial charge in [-0.25, -0.2) is 13.1 Å². The highest BCUT2D eigenvalue weighted by Crippen LogP contribution is 2.44. The second kappa shape index (κ2) is 8.82. The Hall–Kier alpha value is 0.547. The maximum atomic E-state index is 12.9. The van der Waals surface area contributed by atoms with E-state index in [0.29, 0.717) is 12.5 Å². The number of fused-ring (bicyclic) bond motifs is 1. The van der Waals surface area contributed by atoms with Gasteiger partial charge in [-0.1, -0.05) is 19.6 Å². The normalized spacial score (nSPS) is 33.3. The number of aliphatic hydroxyl groups excluding tert-OH is 1. The monoisotopic (exact) mass is 491 g/mol. The number of hydrogen-bond donors (Lipinski definition) is 3. The lowest BCUT2D eigenvalue weighted by atomic mass is 9.74. The van der Waals surface area contributed by atoms with Gasteiger partial charge in [-0.05, 0) is 33.2 Å². The minimum atomic E-state index is -3.73. The van der Waals surface area contributed by atoms with Crippen LogP contribution >= 0.6 is 23.2 Å². The Bertz CT molecular complexity index is 682. The summed E-state index contributed by atoms with van der Waals surface area (Å²) in [6.07, 6.45) is -1.01. The van der Waals surface area contributed by atoms with Gasteiger partial charge in [0.15, 0.2) is 5.79 Å². The Morgan fingerprint density at radius 2 is 1.83 bits per heavy atom. The van der Waals surface area contributed by atoms with Crippen molar-refractivity contribution in [2.45, 2.75) is 99.9 Å². The zero-order valence-electron chi connectivity index (χ0n) is 18.0. The highest BCUT2D eigenvalue weighted by molar-refractivity contribution is 7.89. The summed E-state index contributed by atoms with van der Waals surface area (Å²) in [5.41, 5.74) is -1.78. The molecule has 0 aromatic heterocycles. The van der Waals surface area contributed by atoms with Gasteiger partial charge >= 0.3 is 0 Å². The van der Waals surface area contributed by atoms with E-state index in [1.54, 1.807) is 13.8 Å². The molecule has 0 aromatic carbocycles. The Morgan fingerprint density at radius 3 is 2.34 bits per heavy atom. The van der Waals surface area contributed by atoms with Gasteiger partial charge in [0.05, 0.1) is 30.1 Å². The highest BCUT2D eigenvalue weighted by atomic mass is 35.5. The largest absolute Gasteiger partial charge is 0.393 e. The van der Waals surface area contributed by atoms with E-state index in [9.17, 15) is 18.6 Å². The molecule has 1 aliphatic carbocycles. The smallest absolute Gasteiger partial charge is 0.211 e. The van der Waals surface area contributed by atoms with E-state index < -0.39 is 64.6 Å². The van der Waals surface area contributed by atoms with E-state index in [2.05, 4.69) is 24.4 Å². The SMILES string of the molecule is CC1(C)OC2CC(O)CC(C(NS(=O)(=O)CC[Si](C)(C)C)C(C)(O)C(Cl)Cl)C2O1. The summed E-state index contributed by atoms with van der Waals surface area (Å²) in [6, 6.07) is -0.469. The first-order valence-electron chi connectivity index (χ1n) is 9.98. The molecule has 1 saturated heterocycles. The number of rotatable bonds is 8. The van der Waals surface area contributed by atoms with Gasteiger partial charge in [-0.15, -0.1) is 23.2 Å². The minimum Gasteiger partial charge on any atom is -0.393 e. The van der Waals surface area contributed by atoms with Crippen LogP contribution in [0.15, 0.2) is 0 Å². The zero-order chi connectivity index (χ0) is 22.4. The lowest BCUT2D eigenvalue weighted by Crippen LogP contribution is -2.63. The van der Waals surface area contributed by atoms with Crippen LogP contribution in [0.4, 0.5) is 0 Å². The molecular weight excluding hydrogens is 457 g/mol. The molecule has 2 rings (SSSR count). The Morgan fingerprint density at radius 1 is 1.24 bits per heavy atom. The number of nitrogens with one attached hydrogen (secondary N) is 1. The fourth-order valence-electron chi connectivity index (χ4n) is 4.02. The third kappa shape index (κ3) is 6.76. The maximum absolute atomic E-state index is 12.9. The molecule has 6 atom stereocenters. The van der Waals surface area contributed by atoms with Crippen molar-refractivity contribution >= 4 is 41.3 Å². The zero-order valence-corrected chi connectivity index (χ0v) is 21.3. The summed E-state index contributed by atoms with van der Waals surface area (Å²) in [5, 5.41) is 21.5. The first-order chi connectivity index (χ1) is 12.9. The van der Waals surface area contributed by atoms with Crippen LogP contribution in [0.5, 0.6) is 0 Å². The summed E-state index contributed by atoms with van der Waals surface area (Å²) in [6.45, 7) is 11.2. The van der Waals surface area contributed by atoms with Gasteiger partial charge in [0.1, 0.15) is 10.4 Å². The molecule has 29 heavy (non-hydrogen) atoms. The van der Waals surface area contributed by atoms with Crippen molar-refractivity contribution in [3.8, 4) is 0 Å². The topological polar surface area (TPSA) is 105 Å². The molecule has 172 valence electrons. The van der Waals surface area contributed by atoms with Crippen LogP contribution in [0.1, 0.15) is 33.6 Å². The van der Waals surface area contributed by atoms with Crippen LogP contribution in [0.25, 0.3) is 0 Å². The Kier molecular flexibility index (Phi) is 7.85. The van der Waals surface area contributed by atoms with Crippen molar-refractivity contribution in [2.24, 2.45) is 5.92 Å². The van der Waals surface area contributed by atoms with Gasteiger partial charge in [0, 0.05) is 20.4 Å². The Balaban J connectivity index is 2.35. The third-order valence-electron chi connectivity index (χ3n) is 5.62. The summed E-state index contributed by atoms with van der Waals surface area (Å²) in [7, 11) is -5.32. The van der Waals surface area contributed by atoms with Crippen LogP contribution in [-0.2, 0) is 19.5 Å². The molecule has 1 aliphatic heterocycles. The molecule has 0 spiro atoms. The number of ether oxygens (including phenoxy) is 2. The predicted octanol–water partition coefficient (Wildman–Crippen LogP) is 2.46. The number of aliphatic hydroxyl groups is 2. The molecule has 0 radical (unpaired) electrons. The van der Waals surface area contributed by atoms with Crippen molar-refractivity contribution in [2.75, 3.05) is 5.75 Å². The first-order valence-corrected chi connectivity index (χ1v) is 16.2. The summed E-state index contributed by atoms with van der Waals surface area (Å²) >= 11 is 12.1. The fraction of sp³-hybridized carbons (Fsp3) is 1.00. The van der Waals surface area contributed by atoms with Crippen molar-refractivity contribution < 1.29 is 28.1 Å². The van der Waals surface area contributed by atoms with Gasteiger partial charge in [-0.3, -0.25) is 0 Å². The number of hydrogen-bond acceptors (Lipinski definition) is 6. The van der Waals surface area contributed by atoms with E-state index >= 15 is 0 Å². The highest BCUT2D eigenvalue weighted by Gasteiger charge is 2.55. The second-order valence-corrected chi connectivity index (χ2v) is 18.8. The quantitative estimate of drug-likeness (QED) is 0.355. The summed E-state index contributed by atoms with van der Waals surface area (Å²) in [4.78, 5) is -1.25. The van der Waals surface area contributed by atoms with Gasteiger partial charge < -0.3 is 19.7 Å². The van der Waals surface area contributed by atoms with E-state index in [4.69, 9.17) is 32.7 Å². The van der Waals surface area contributed by atoms with E-state index in [1.165, 1.54) is 6.92 Å². The maximum Gasteiger partial charge on any atom is 0.211 e. The van der Waals surface area contributed by atoms with Crippen molar-refractivity contribution in [1.29, 1.82) is 0 Å². The van der Waals surface area contributed by atoms with Crippen molar-refractivity contribution in [3.05, 3.63) is 0 Å². The van der Waals surface area contributed by atoms with E-state index in [0.717, 1.165) is 0 Å². The summed E-state index contributed by atoms with van der Waals surface area (Å²) in [5.74, 6) is -1.48. The molecule has 6 unspecified atom stereocenters. The molecule has 3 N–H and O–H groups in total. The number of alkyl halides is 2. The average molecular weight is 493 g/mol. The average Bonchev–Trinajstić information content (AvgIpc) is 2.83. The van der Waals surface area contributed by atoms with Crippen LogP contribution in [0.3, 0.4) is 0 Å². The van der Waals surface area contributed by atoms with E-state index in [-0.39, 0.29) is 12.2 Å². The van der Waals surface area contributed by atoms with Crippen molar-refractivity contribution in [3.63, 3.8) is 0 Å². The van der Waals surface area contributed by atoms with Gasteiger partial charge in [-0.2, -0.15) is 0 Å². The lowest BCUT2D eigenvalue weighted by molar-refractivity contribution is -0.152. The molecule has 1 saturated carbocycles. The van der Waals surface area contributed by atoms with Crippen LogP contribution in [0, 0.1) is 5.92 Å². The van der Waals surface area contributed by atoms with Gasteiger partial charge in [0.2, 0.25) is 10.0 Å². The molecule has 0 aromatic rings. The standard InChI is InChI=1S/C18H35Cl2NO6SSi/c1-17(2)26-13-10-11(22)9-12(14(13)27-17)15(18(3,23)16(19)20)21-28(24,25)7-8-29(4,5)6/h11-16,21-23H,7-10H2,1-6H3. The van der Waals surface area contributed by atoms with E-state index in [1.807, 2.05) is 0 Å². The number of sulfonamides is 1. The molecular formula is C18H35Cl2NO6SSi. The molecule has 2 fully saturated rings. The Labute approximate surface area is 185 Å². The van der Waals surface area contributed by atoms with Crippen molar-refractivity contribution in [1.82, 2.24) is 4.72 Å². The fourth-order valence-corrected chi connectivity index (χ4v) is 8.73. The third-order valence-corrected chi connectivity index (χ3v) is 9.97. The van der Waals surface area contributed by atoms with Gasteiger partial charge in [0.25, 0.3) is 0 Å². The van der Waals surface area contributed by atoms with Crippen LogP contribution < -0.4 is 4.72 Å².